The van der Waals surface area contributed by atoms with Gasteiger partial charge in [0.25, 0.3) is 5.91 Å². The summed E-state index contributed by atoms with van der Waals surface area (Å²) < 4.78 is 29.5. The fourth-order valence-corrected chi connectivity index (χ4v) is 2.75. The molecule has 0 aliphatic rings. The first-order chi connectivity index (χ1) is 11.8. The molecule has 2 aromatic rings. The van der Waals surface area contributed by atoms with Gasteiger partial charge in [0.15, 0.2) is 0 Å². The van der Waals surface area contributed by atoms with Crippen molar-refractivity contribution >= 4 is 21.6 Å². The van der Waals surface area contributed by atoms with Crippen molar-refractivity contribution < 1.29 is 17.9 Å². The highest BCUT2D eigenvalue weighted by Gasteiger charge is 2.14. The smallest absolute Gasteiger partial charge is 0.251 e. The molecule has 0 aliphatic heterocycles. The Morgan fingerprint density at radius 2 is 1.84 bits per heavy atom. The molecule has 2 aromatic carbocycles. The first-order valence-corrected chi connectivity index (χ1v) is 9.61. The number of anilines is 1. The van der Waals surface area contributed by atoms with E-state index in [9.17, 15) is 13.2 Å². The van der Waals surface area contributed by atoms with Gasteiger partial charge in [0, 0.05) is 19.2 Å². The fourth-order valence-electron chi connectivity index (χ4n) is 2.25. The number of carbonyl (C=O) groups is 1. The monoisotopic (exact) mass is 362 g/mol. The standard InChI is InChI=1S/C18H22N2O4S/c1-20(25(3,22)23)16-6-4-5-15(13-16)18(21)19-12-11-14-7-9-17(24-2)10-8-14/h4-10,13H,11-12H2,1-3H3,(H,19,21). The van der Waals surface area contributed by atoms with E-state index in [-0.39, 0.29) is 5.91 Å². The summed E-state index contributed by atoms with van der Waals surface area (Å²) >= 11 is 0. The van der Waals surface area contributed by atoms with Crippen LogP contribution in [0.4, 0.5) is 5.69 Å². The molecule has 0 unspecified atom stereocenters. The number of carbonyl (C=O) groups excluding carboxylic acids is 1. The van der Waals surface area contributed by atoms with E-state index in [4.69, 9.17) is 4.74 Å². The number of rotatable bonds is 7. The molecule has 6 nitrogen and oxygen atoms in total. The first kappa shape index (κ1) is 18.8. The van der Waals surface area contributed by atoms with Crippen LogP contribution in [-0.2, 0) is 16.4 Å². The molecular formula is C18H22N2O4S. The molecule has 0 radical (unpaired) electrons. The molecule has 1 amide bonds. The van der Waals surface area contributed by atoms with Gasteiger partial charge in [-0.25, -0.2) is 8.42 Å². The van der Waals surface area contributed by atoms with Crippen LogP contribution in [0.2, 0.25) is 0 Å². The van der Waals surface area contributed by atoms with Crippen molar-refractivity contribution in [1.29, 1.82) is 0 Å². The molecule has 2 rings (SSSR count). The van der Waals surface area contributed by atoms with Crippen LogP contribution in [0, 0.1) is 0 Å². The molecule has 0 aromatic heterocycles. The van der Waals surface area contributed by atoms with Crippen molar-refractivity contribution in [3.05, 3.63) is 59.7 Å². The molecule has 0 aliphatic carbocycles. The molecule has 0 atom stereocenters. The number of methoxy groups -OCH3 is 1. The molecule has 7 heteroatoms. The Morgan fingerprint density at radius 1 is 1.16 bits per heavy atom. The van der Waals surface area contributed by atoms with Gasteiger partial charge >= 0.3 is 0 Å². The Kier molecular flexibility index (Phi) is 6.03. The van der Waals surface area contributed by atoms with Gasteiger partial charge in [-0.2, -0.15) is 0 Å². The van der Waals surface area contributed by atoms with E-state index >= 15 is 0 Å². The van der Waals surface area contributed by atoms with Crippen LogP contribution in [0.5, 0.6) is 5.75 Å². The maximum Gasteiger partial charge on any atom is 0.251 e. The normalized spacial score (nSPS) is 11.0. The van der Waals surface area contributed by atoms with Crippen LogP contribution in [0.25, 0.3) is 0 Å². The van der Waals surface area contributed by atoms with Crippen molar-refractivity contribution in [2.75, 3.05) is 31.3 Å². The van der Waals surface area contributed by atoms with Crippen molar-refractivity contribution in [1.82, 2.24) is 5.32 Å². The number of hydrogen-bond donors (Lipinski definition) is 1. The average molecular weight is 362 g/mol. The summed E-state index contributed by atoms with van der Waals surface area (Å²) in [5, 5.41) is 2.84. The zero-order valence-electron chi connectivity index (χ0n) is 14.5. The molecule has 25 heavy (non-hydrogen) atoms. The second-order valence-corrected chi connectivity index (χ2v) is 7.65. The number of benzene rings is 2. The minimum absolute atomic E-state index is 0.239. The molecule has 0 spiro atoms. The zero-order chi connectivity index (χ0) is 18.4. The van der Waals surface area contributed by atoms with Gasteiger partial charge in [0.1, 0.15) is 5.75 Å². The number of ether oxygens (including phenoxy) is 1. The highest BCUT2D eigenvalue weighted by molar-refractivity contribution is 7.92. The van der Waals surface area contributed by atoms with Crippen LogP contribution in [-0.4, -0.2) is 41.3 Å². The average Bonchev–Trinajstić information content (AvgIpc) is 2.61. The summed E-state index contributed by atoms with van der Waals surface area (Å²) in [5.74, 6) is 0.553. The van der Waals surface area contributed by atoms with Gasteiger partial charge in [-0.15, -0.1) is 0 Å². The largest absolute Gasteiger partial charge is 0.497 e. The lowest BCUT2D eigenvalue weighted by Crippen LogP contribution is -2.27. The molecule has 0 fully saturated rings. The topological polar surface area (TPSA) is 75.7 Å². The Morgan fingerprint density at radius 3 is 2.44 bits per heavy atom. The Balaban J connectivity index is 1.96. The minimum Gasteiger partial charge on any atom is -0.497 e. The van der Waals surface area contributed by atoms with E-state index in [0.29, 0.717) is 24.2 Å². The van der Waals surface area contributed by atoms with E-state index in [2.05, 4.69) is 5.32 Å². The molecule has 134 valence electrons. The Labute approximate surface area is 148 Å². The van der Waals surface area contributed by atoms with E-state index in [1.165, 1.54) is 7.05 Å². The quantitative estimate of drug-likeness (QED) is 0.818. The summed E-state index contributed by atoms with van der Waals surface area (Å²) in [5.41, 5.74) is 1.96. The maximum atomic E-state index is 12.3. The van der Waals surface area contributed by atoms with E-state index in [0.717, 1.165) is 21.9 Å². The third-order valence-corrected chi connectivity index (χ3v) is 5.03. The Bertz CT molecular complexity index is 832. The highest BCUT2D eigenvalue weighted by Crippen LogP contribution is 2.17. The molecule has 0 heterocycles. The van der Waals surface area contributed by atoms with Gasteiger partial charge in [-0.05, 0) is 42.3 Å². The number of sulfonamides is 1. The highest BCUT2D eigenvalue weighted by atomic mass is 32.2. The van der Waals surface area contributed by atoms with Crippen LogP contribution in [0.15, 0.2) is 48.5 Å². The van der Waals surface area contributed by atoms with Crippen molar-refractivity contribution in [2.45, 2.75) is 6.42 Å². The number of nitrogens with zero attached hydrogens (tertiary/aromatic N) is 1. The summed E-state index contributed by atoms with van der Waals surface area (Å²) in [4.78, 5) is 12.3. The lowest BCUT2D eigenvalue weighted by Gasteiger charge is -2.17. The number of nitrogens with one attached hydrogen (secondary N) is 1. The van der Waals surface area contributed by atoms with E-state index in [1.807, 2.05) is 24.3 Å². The third kappa shape index (κ3) is 5.22. The van der Waals surface area contributed by atoms with Gasteiger partial charge in [-0.1, -0.05) is 18.2 Å². The second kappa shape index (κ2) is 8.02. The predicted molar refractivity (Wildman–Crippen MR) is 98.7 cm³/mol. The molecular weight excluding hydrogens is 340 g/mol. The summed E-state index contributed by atoms with van der Waals surface area (Å²) in [6, 6.07) is 14.2. The second-order valence-electron chi connectivity index (χ2n) is 5.63. The number of amides is 1. The van der Waals surface area contributed by atoms with Gasteiger partial charge in [-0.3, -0.25) is 9.10 Å². The van der Waals surface area contributed by atoms with Gasteiger partial charge in [0.05, 0.1) is 19.1 Å². The SMILES string of the molecule is COc1ccc(CCNC(=O)c2cccc(N(C)S(C)(=O)=O)c2)cc1. The molecule has 0 saturated carbocycles. The van der Waals surface area contributed by atoms with Crippen molar-refractivity contribution in [3.63, 3.8) is 0 Å². The van der Waals surface area contributed by atoms with Crippen LogP contribution < -0.4 is 14.4 Å². The van der Waals surface area contributed by atoms with Crippen LogP contribution in [0.3, 0.4) is 0 Å². The van der Waals surface area contributed by atoms with Crippen molar-refractivity contribution in [2.24, 2.45) is 0 Å². The lowest BCUT2D eigenvalue weighted by atomic mass is 10.1. The summed E-state index contributed by atoms with van der Waals surface area (Å²) in [7, 11) is -0.296. The van der Waals surface area contributed by atoms with Crippen LogP contribution >= 0.6 is 0 Å². The lowest BCUT2D eigenvalue weighted by molar-refractivity contribution is 0.0954. The number of hydrogen-bond acceptors (Lipinski definition) is 4. The Hall–Kier alpha value is -2.54. The predicted octanol–water partition coefficient (Wildman–Crippen LogP) is 2.06. The van der Waals surface area contributed by atoms with Gasteiger partial charge in [0.2, 0.25) is 10.0 Å². The minimum atomic E-state index is -3.37. The molecule has 0 bridgehead atoms. The van der Waals surface area contributed by atoms with E-state index < -0.39 is 10.0 Å². The van der Waals surface area contributed by atoms with Crippen molar-refractivity contribution in [3.8, 4) is 5.75 Å². The molecule has 0 saturated heterocycles. The fraction of sp³-hybridized carbons (Fsp3) is 0.278. The van der Waals surface area contributed by atoms with E-state index in [1.54, 1.807) is 31.4 Å². The summed E-state index contributed by atoms with van der Waals surface area (Å²) in [6.07, 6.45) is 1.81. The first-order valence-electron chi connectivity index (χ1n) is 7.76. The van der Waals surface area contributed by atoms with Crippen LogP contribution in [0.1, 0.15) is 15.9 Å². The van der Waals surface area contributed by atoms with Gasteiger partial charge < -0.3 is 10.1 Å². The summed E-state index contributed by atoms with van der Waals surface area (Å²) in [6.45, 7) is 0.483. The third-order valence-electron chi connectivity index (χ3n) is 3.83. The maximum absolute atomic E-state index is 12.3. The molecule has 1 N–H and O–H groups in total. The zero-order valence-corrected chi connectivity index (χ0v) is 15.3.